The molecule has 0 aliphatic rings. The maximum atomic E-state index is 12.3. The molecular weight excluding hydrogens is 482 g/mol. The third-order valence-corrected chi connectivity index (χ3v) is 5.48. The van der Waals surface area contributed by atoms with Crippen molar-refractivity contribution in [3.05, 3.63) is 102 Å². The summed E-state index contributed by atoms with van der Waals surface area (Å²) in [7, 11) is 0. The molecule has 0 aliphatic carbocycles. The van der Waals surface area contributed by atoms with Crippen molar-refractivity contribution in [1.82, 2.24) is 10.3 Å². The Labute approximate surface area is 211 Å². The molecule has 172 valence electrons. The van der Waals surface area contributed by atoms with E-state index in [9.17, 15) is 4.79 Å². The number of nitrogens with zero attached hydrogens (tertiary/aromatic N) is 1. The van der Waals surface area contributed by atoms with Gasteiger partial charge in [0.05, 0.1) is 0 Å². The van der Waals surface area contributed by atoms with Gasteiger partial charge in [0.1, 0.15) is 17.0 Å². The highest BCUT2D eigenvalue weighted by atomic mass is 35.5. The Morgan fingerprint density at radius 2 is 1.74 bits per heavy atom. The number of thiocarbonyl (C=S) groups is 1. The average molecular weight is 500 g/mol. The maximum absolute atomic E-state index is 12.3. The first kappa shape index (κ1) is 22.6. The van der Waals surface area contributed by atoms with Crippen LogP contribution in [0.4, 0.5) is 5.69 Å². The predicted octanol–water partition coefficient (Wildman–Crippen LogP) is 6.93. The van der Waals surface area contributed by atoms with Crippen LogP contribution in [0.5, 0.6) is 0 Å². The molecule has 2 N–H and O–H groups in total. The number of carbonyl (C=O) groups excluding carboxylic acids is 1. The van der Waals surface area contributed by atoms with Gasteiger partial charge in [-0.2, -0.15) is 0 Å². The normalized spacial score (nSPS) is 11.1. The lowest BCUT2D eigenvalue weighted by Gasteiger charge is -2.07. The SMILES string of the molecule is O=C(/C=C/c1ccc(-c2ccccc2)o1)NC(=S)Nc1ccc2oc(-c3cccc(Cl)c3)nc2c1. The Morgan fingerprint density at radius 1 is 0.914 bits per heavy atom. The number of halogens is 1. The number of carbonyl (C=O) groups is 1. The summed E-state index contributed by atoms with van der Waals surface area (Å²) in [6.07, 6.45) is 2.95. The second-order valence-corrected chi connectivity index (χ2v) is 8.40. The zero-order chi connectivity index (χ0) is 24.2. The molecule has 0 aliphatic heterocycles. The van der Waals surface area contributed by atoms with E-state index in [2.05, 4.69) is 15.6 Å². The smallest absolute Gasteiger partial charge is 0.250 e. The molecule has 0 fully saturated rings. The van der Waals surface area contributed by atoms with Crippen molar-refractivity contribution in [1.29, 1.82) is 0 Å². The molecule has 0 saturated carbocycles. The Balaban J connectivity index is 1.21. The van der Waals surface area contributed by atoms with E-state index < -0.39 is 0 Å². The highest BCUT2D eigenvalue weighted by molar-refractivity contribution is 7.80. The number of hydrogen-bond acceptors (Lipinski definition) is 5. The van der Waals surface area contributed by atoms with Crippen molar-refractivity contribution < 1.29 is 13.6 Å². The van der Waals surface area contributed by atoms with Crippen LogP contribution in [0, 0.1) is 0 Å². The standard InChI is InChI=1S/C27H18ClN3O3S/c28-19-8-4-7-18(15-19)26-30-22-16-20(9-12-24(22)34-26)29-27(35)31-25(32)14-11-21-10-13-23(33-21)17-5-2-1-3-6-17/h1-16H,(H2,29,31,32,35)/b14-11+. The molecule has 0 atom stereocenters. The molecule has 2 heterocycles. The van der Waals surface area contributed by atoms with Gasteiger partial charge in [-0.15, -0.1) is 0 Å². The molecule has 5 rings (SSSR count). The monoisotopic (exact) mass is 499 g/mol. The summed E-state index contributed by atoms with van der Waals surface area (Å²) in [5.41, 5.74) is 3.68. The van der Waals surface area contributed by atoms with Gasteiger partial charge in [0, 0.05) is 27.9 Å². The highest BCUT2D eigenvalue weighted by Crippen LogP contribution is 2.28. The van der Waals surface area contributed by atoms with Crippen LogP contribution in [0.25, 0.3) is 40.0 Å². The Hall–Kier alpha value is -4.20. The van der Waals surface area contributed by atoms with E-state index in [-0.39, 0.29) is 11.0 Å². The average Bonchev–Trinajstić information content (AvgIpc) is 3.50. The topological polar surface area (TPSA) is 80.3 Å². The lowest BCUT2D eigenvalue weighted by Crippen LogP contribution is -2.32. The fourth-order valence-electron chi connectivity index (χ4n) is 3.42. The second kappa shape index (κ2) is 9.97. The summed E-state index contributed by atoms with van der Waals surface area (Å²) in [4.78, 5) is 16.8. The van der Waals surface area contributed by atoms with Gasteiger partial charge in [-0.1, -0.05) is 48.0 Å². The molecule has 2 aromatic heterocycles. The summed E-state index contributed by atoms with van der Waals surface area (Å²) >= 11 is 11.3. The Bertz CT molecular complexity index is 1560. The van der Waals surface area contributed by atoms with Crippen molar-refractivity contribution >= 4 is 57.7 Å². The van der Waals surface area contributed by atoms with Crippen molar-refractivity contribution in [3.63, 3.8) is 0 Å². The molecule has 3 aromatic carbocycles. The van der Waals surface area contributed by atoms with Gasteiger partial charge in [0.25, 0.3) is 0 Å². The predicted molar refractivity (Wildman–Crippen MR) is 142 cm³/mol. The molecule has 6 nitrogen and oxygen atoms in total. The molecule has 35 heavy (non-hydrogen) atoms. The first-order valence-corrected chi connectivity index (χ1v) is 11.4. The number of anilines is 1. The largest absolute Gasteiger partial charge is 0.457 e. The van der Waals surface area contributed by atoms with Gasteiger partial charge < -0.3 is 14.2 Å². The lowest BCUT2D eigenvalue weighted by atomic mass is 10.2. The zero-order valence-corrected chi connectivity index (χ0v) is 19.8. The first-order chi connectivity index (χ1) is 17.0. The number of nitrogens with one attached hydrogen (secondary N) is 2. The second-order valence-electron chi connectivity index (χ2n) is 7.56. The number of amides is 1. The quantitative estimate of drug-likeness (QED) is 0.201. The van der Waals surface area contributed by atoms with E-state index in [0.29, 0.717) is 33.5 Å². The number of benzene rings is 3. The molecule has 0 unspecified atom stereocenters. The van der Waals surface area contributed by atoms with Gasteiger partial charge >= 0.3 is 0 Å². The molecule has 0 bridgehead atoms. The minimum Gasteiger partial charge on any atom is -0.457 e. The van der Waals surface area contributed by atoms with E-state index in [0.717, 1.165) is 16.9 Å². The van der Waals surface area contributed by atoms with Crippen LogP contribution in [0.3, 0.4) is 0 Å². The number of rotatable bonds is 5. The minimum absolute atomic E-state index is 0.155. The Morgan fingerprint density at radius 3 is 2.57 bits per heavy atom. The summed E-state index contributed by atoms with van der Waals surface area (Å²) < 4.78 is 11.6. The third kappa shape index (κ3) is 5.48. The number of fused-ring (bicyclic) bond motifs is 1. The van der Waals surface area contributed by atoms with Crippen LogP contribution in [-0.2, 0) is 4.79 Å². The van der Waals surface area contributed by atoms with Crippen LogP contribution in [0.1, 0.15) is 5.76 Å². The van der Waals surface area contributed by atoms with Crippen LogP contribution >= 0.6 is 23.8 Å². The van der Waals surface area contributed by atoms with Crippen molar-refractivity contribution in [3.8, 4) is 22.8 Å². The number of furan rings is 1. The number of hydrogen-bond donors (Lipinski definition) is 2. The summed E-state index contributed by atoms with van der Waals surface area (Å²) in [5.74, 6) is 1.37. The van der Waals surface area contributed by atoms with E-state index in [1.807, 2.05) is 48.5 Å². The molecular formula is C27H18ClN3O3S. The minimum atomic E-state index is -0.383. The summed E-state index contributed by atoms with van der Waals surface area (Å²) in [6.45, 7) is 0. The van der Waals surface area contributed by atoms with Gasteiger partial charge in [-0.25, -0.2) is 4.98 Å². The molecule has 1 amide bonds. The van der Waals surface area contributed by atoms with Gasteiger partial charge in [0.15, 0.2) is 10.7 Å². The van der Waals surface area contributed by atoms with Gasteiger partial charge in [-0.3, -0.25) is 10.1 Å². The van der Waals surface area contributed by atoms with Crippen molar-refractivity contribution in [2.24, 2.45) is 0 Å². The summed E-state index contributed by atoms with van der Waals surface area (Å²) in [5, 5.41) is 6.36. The summed E-state index contributed by atoms with van der Waals surface area (Å²) in [6, 6.07) is 26.0. The van der Waals surface area contributed by atoms with Crippen molar-refractivity contribution in [2.75, 3.05) is 5.32 Å². The zero-order valence-electron chi connectivity index (χ0n) is 18.2. The molecule has 0 spiro atoms. The fourth-order valence-corrected chi connectivity index (χ4v) is 3.83. The van der Waals surface area contributed by atoms with Crippen LogP contribution in [0.2, 0.25) is 5.02 Å². The first-order valence-electron chi connectivity index (χ1n) is 10.7. The van der Waals surface area contributed by atoms with Crippen LogP contribution in [-0.4, -0.2) is 16.0 Å². The van der Waals surface area contributed by atoms with E-state index in [4.69, 9.17) is 32.7 Å². The number of aromatic nitrogens is 1. The van der Waals surface area contributed by atoms with Crippen molar-refractivity contribution in [2.45, 2.75) is 0 Å². The third-order valence-electron chi connectivity index (χ3n) is 5.04. The van der Waals surface area contributed by atoms with Gasteiger partial charge in [0.2, 0.25) is 11.8 Å². The number of oxazole rings is 1. The van der Waals surface area contributed by atoms with Crippen LogP contribution < -0.4 is 10.6 Å². The fraction of sp³-hybridized carbons (Fsp3) is 0. The molecule has 0 radical (unpaired) electrons. The maximum Gasteiger partial charge on any atom is 0.250 e. The molecule has 0 saturated heterocycles. The van der Waals surface area contributed by atoms with Crippen LogP contribution in [0.15, 0.2) is 99.8 Å². The van der Waals surface area contributed by atoms with Gasteiger partial charge in [-0.05, 0) is 66.8 Å². The Kier molecular flexibility index (Phi) is 6.43. The van der Waals surface area contributed by atoms with E-state index in [1.165, 1.54) is 6.08 Å². The van der Waals surface area contributed by atoms with E-state index >= 15 is 0 Å². The highest BCUT2D eigenvalue weighted by Gasteiger charge is 2.10. The van der Waals surface area contributed by atoms with E-state index in [1.54, 1.807) is 42.5 Å². The molecule has 8 heteroatoms. The molecule has 5 aromatic rings. The lowest BCUT2D eigenvalue weighted by molar-refractivity contribution is -0.115.